The van der Waals surface area contributed by atoms with Crippen LogP contribution in [-0.4, -0.2) is 27.2 Å². The summed E-state index contributed by atoms with van der Waals surface area (Å²) in [5, 5.41) is 7.98. The summed E-state index contributed by atoms with van der Waals surface area (Å²) >= 11 is 0. The van der Waals surface area contributed by atoms with Crippen molar-refractivity contribution in [2.24, 2.45) is 0 Å². The number of hydrogen-bond acceptors (Lipinski definition) is 6. The number of nitrogens with zero attached hydrogens (tertiary/aromatic N) is 5. The number of aromatic nitrogens is 4. The van der Waals surface area contributed by atoms with Crippen molar-refractivity contribution in [1.82, 2.24) is 20.2 Å². The number of aryl methyl sites for hydroxylation is 1. The van der Waals surface area contributed by atoms with Gasteiger partial charge in [0.2, 0.25) is 11.8 Å². The van der Waals surface area contributed by atoms with E-state index in [1.165, 1.54) is 12.8 Å². The van der Waals surface area contributed by atoms with Crippen molar-refractivity contribution in [3.8, 4) is 0 Å². The molecule has 6 heteroatoms. The van der Waals surface area contributed by atoms with Gasteiger partial charge < -0.3 is 9.32 Å². The Balaban J connectivity index is 1.72. The standard InChI is InChI=1S/C13H17N5O/c1-3-12-16-17-13(19-12)7-18(2)11-6-10(9-4-5-9)14-8-15-11/h6,8-9H,3-5,7H2,1-2H3. The monoisotopic (exact) mass is 259 g/mol. The van der Waals surface area contributed by atoms with Gasteiger partial charge in [-0.05, 0) is 12.8 Å². The van der Waals surface area contributed by atoms with E-state index in [2.05, 4.69) is 26.2 Å². The van der Waals surface area contributed by atoms with E-state index in [-0.39, 0.29) is 0 Å². The van der Waals surface area contributed by atoms with Crippen molar-refractivity contribution in [3.05, 3.63) is 29.9 Å². The van der Waals surface area contributed by atoms with E-state index < -0.39 is 0 Å². The zero-order valence-corrected chi connectivity index (χ0v) is 11.2. The number of anilines is 1. The third-order valence-electron chi connectivity index (χ3n) is 3.24. The molecule has 0 atom stereocenters. The fourth-order valence-corrected chi connectivity index (χ4v) is 1.95. The van der Waals surface area contributed by atoms with Crippen LogP contribution >= 0.6 is 0 Å². The summed E-state index contributed by atoms with van der Waals surface area (Å²) in [6, 6.07) is 2.05. The van der Waals surface area contributed by atoms with Crippen LogP contribution in [0.4, 0.5) is 5.82 Å². The van der Waals surface area contributed by atoms with E-state index in [1.807, 2.05) is 18.9 Å². The van der Waals surface area contributed by atoms with Crippen molar-refractivity contribution in [3.63, 3.8) is 0 Å². The van der Waals surface area contributed by atoms with Gasteiger partial charge in [-0.15, -0.1) is 10.2 Å². The van der Waals surface area contributed by atoms with E-state index in [0.29, 0.717) is 24.2 Å². The second kappa shape index (κ2) is 4.95. The summed E-state index contributed by atoms with van der Waals surface area (Å²) in [6.45, 7) is 2.56. The van der Waals surface area contributed by atoms with Gasteiger partial charge in [-0.2, -0.15) is 0 Å². The molecule has 3 rings (SSSR count). The lowest BCUT2D eigenvalue weighted by molar-refractivity contribution is 0.452. The Bertz CT molecular complexity index is 564. The van der Waals surface area contributed by atoms with Crippen molar-refractivity contribution in [2.45, 2.75) is 38.6 Å². The Morgan fingerprint density at radius 3 is 2.74 bits per heavy atom. The van der Waals surface area contributed by atoms with Crippen molar-refractivity contribution < 1.29 is 4.42 Å². The first kappa shape index (κ1) is 12.1. The molecule has 100 valence electrons. The zero-order valence-electron chi connectivity index (χ0n) is 11.2. The van der Waals surface area contributed by atoms with Gasteiger partial charge in [-0.3, -0.25) is 0 Å². The molecule has 1 aliphatic rings. The maximum atomic E-state index is 5.51. The largest absolute Gasteiger partial charge is 0.423 e. The highest BCUT2D eigenvalue weighted by atomic mass is 16.4. The van der Waals surface area contributed by atoms with Crippen LogP contribution in [0.25, 0.3) is 0 Å². The first-order valence-corrected chi connectivity index (χ1v) is 6.60. The van der Waals surface area contributed by atoms with Gasteiger partial charge in [0.1, 0.15) is 12.1 Å². The molecular weight excluding hydrogens is 242 g/mol. The van der Waals surface area contributed by atoms with Gasteiger partial charge in [-0.1, -0.05) is 6.92 Å². The highest BCUT2D eigenvalue weighted by Crippen LogP contribution is 2.39. The topological polar surface area (TPSA) is 67.9 Å². The van der Waals surface area contributed by atoms with Gasteiger partial charge in [0.15, 0.2) is 0 Å². The molecule has 6 nitrogen and oxygen atoms in total. The minimum atomic E-state index is 0.564. The maximum absolute atomic E-state index is 5.51. The predicted molar refractivity (Wildman–Crippen MR) is 69.8 cm³/mol. The van der Waals surface area contributed by atoms with Crippen LogP contribution in [-0.2, 0) is 13.0 Å². The molecule has 1 saturated carbocycles. The maximum Gasteiger partial charge on any atom is 0.235 e. The van der Waals surface area contributed by atoms with Gasteiger partial charge in [0.05, 0.1) is 6.54 Å². The minimum absolute atomic E-state index is 0.564. The van der Waals surface area contributed by atoms with E-state index in [9.17, 15) is 0 Å². The molecule has 1 fully saturated rings. The summed E-state index contributed by atoms with van der Waals surface area (Å²) in [5.41, 5.74) is 1.14. The molecule has 0 amide bonds. The molecular formula is C13H17N5O. The summed E-state index contributed by atoms with van der Waals surface area (Å²) in [5.74, 6) is 2.81. The first-order chi connectivity index (χ1) is 9.26. The van der Waals surface area contributed by atoms with Crippen LogP contribution < -0.4 is 4.90 Å². The molecule has 0 aromatic carbocycles. The second-order valence-electron chi connectivity index (χ2n) is 4.87. The van der Waals surface area contributed by atoms with E-state index in [4.69, 9.17) is 4.42 Å². The van der Waals surface area contributed by atoms with Crippen LogP contribution in [0.5, 0.6) is 0 Å². The fourth-order valence-electron chi connectivity index (χ4n) is 1.95. The molecule has 1 aliphatic carbocycles. The molecule has 19 heavy (non-hydrogen) atoms. The minimum Gasteiger partial charge on any atom is -0.423 e. The smallest absolute Gasteiger partial charge is 0.235 e. The second-order valence-corrected chi connectivity index (χ2v) is 4.87. The Kier molecular flexibility index (Phi) is 3.15. The molecule has 0 aliphatic heterocycles. The predicted octanol–water partition coefficient (Wildman–Crippen LogP) is 1.94. The van der Waals surface area contributed by atoms with Gasteiger partial charge in [0, 0.05) is 31.1 Å². The molecule has 0 bridgehead atoms. The quantitative estimate of drug-likeness (QED) is 0.817. The van der Waals surface area contributed by atoms with Gasteiger partial charge >= 0.3 is 0 Å². The highest BCUT2D eigenvalue weighted by Gasteiger charge is 2.25. The van der Waals surface area contributed by atoms with Crippen molar-refractivity contribution in [1.29, 1.82) is 0 Å². The highest BCUT2D eigenvalue weighted by molar-refractivity contribution is 5.39. The Morgan fingerprint density at radius 1 is 1.26 bits per heavy atom. The fraction of sp³-hybridized carbons (Fsp3) is 0.538. The summed E-state index contributed by atoms with van der Waals surface area (Å²) in [7, 11) is 1.97. The van der Waals surface area contributed by atoms with Crippen molar-refractivity contribution in [2.75, 3.05) is 11.9 Å². The van der Waals surface area contributed by atoms with E-state index in [1.54, 1.807) is 6.33 Å². The summed E-state index contributed by atoms with van der Waals surface area (Å²) < 4.78 is 5.51. The Morgan fingerprint density at radius 2 is 2.05 bits per heavy atom. The lowest BCUT2D eigenvalue weighted by atomic mass is 10.3. The molecule has 0 unspecified atom stereocenters. The molecule has 2 aromatic rings. The van der Waals surface area contributed by atoms with Crippen LogP contribution in [0.15, 0.2) is 16.8 Å². The lowest BCUT2D eigenvalue weighted by Crippen LogP contribution is -2.18. The lowest BCUT2D eigenvalue weighted by Gasteiger charge is -2.16. The molecule has 2 aromatic heterocycles. The molecule has 0 radical (unpaired) electrons. The average Bonchev–Trinajstić information content (AvgIpc) is 3.20. The average molecular weight is 259 g/mol. The van der Waals surface area contributed by atoms with E-state index in [0.717, 1.165) is 17.9 Å². The van der Waals surface area contributed by atoms with Gasteiger partial charge in [0.25, 0.3) is 0 Å². The first-order valence-electron chi connectivity index (χ1n) is 6.60. The summed E-state index contributed by atoms with van der Waals surface area (Å²) in [4.78, 5) is 10.6. The normalized spacial score (nSPS) is 14.6. The van der Waals surface area contributed by atoms with Crippen LogP contribution in [0.3, 0.4) is 0 Å². The third-order valence-corrected chi connectivity index (χ3v) is 3.24. The summed E-state index contributed by atoms with van der Waals surface area (Å²) in [6.07, 6.45) is 4.87. The number of rotatable bonds is 5. The Labute approximate surface area is 111 Å². The third kappa shape index (κ3) is 2.72. The number of hydrogen-bond donors (Lipinski definition) is 0. The molecule has 0 spiro atoms. The zero-order chi connectivity index (χ0) is 13.2. The van der Waals surface area contributed by atoms with Crippen LogP contribution in [0.1, 0.15) is 43.2 Å². The SMILES string of the molecule is CCc1nnc(CN(C)c2cc(C3CC3)ncn2)o1. The molecule has 2 heterocycles. The molecule has 0 saturated heterocycles. The Hall–Kier alpha value is -1.98. The van der Waals surface area contributed by atoms with Crippen LogP contribution in [0, 0.1) is 0 Å². The van der Waals surface area contributed by atoms with Crippen molar-refractivity contribution >= 4 is 5.82 Å². The van der Waals surface area contributed by atoms with Gasteiger partial charge in [-0.25, -0.2) is 9.97 Å². The van der Waals surface area contributed by atoms with Crippen LogP contribution in [0.2, 0.25) is 0 Å². The molecule has 0 N–H and O–H groups in total. The van der Waals surface area contributed by atoms with E-state index >= 15 is 0 Å².